The van der Waals surface area contributed by atoms with Crippen LogP contribution in [0.5, 0.6) is 5.88 Å². The van der Waals surface area contributed by atoms with Crippen molar-refractivity contribution < 1.29 is 4.74 Å². The summed E-state index contributed by atoms with van der Waals surface area (Å²) < 4.78 is 5.74. The quantitative estimate of drug-likeness (QED) is 0.604. The zero-order valence-electron chi connectivity index (χ0n) is 12.6. The molecule has 3 heteroatoms. The molecular formula is C16H26N2O. The van der Waals surface area contributed by atoms with Crippen LogP contribution in [-0.4, -0.2) is 18.6 Å². The maximum atomic E-state index is 5.74. The molecule has 1 heterocycles. The normalized spacial score (nSPS) is 11.4. The van der Waals surface area contributed by atoms with Gasteiger partial charge in [0.15, 0.2) is 0 Å². The van der Waals surface area contributed by atoms with Crippen LogP contribution in [0.15, 0.2) is 24.8 Å². The average Bonchev–Trinajstić information content (AvgIpc) is 2.34. The number of allylic oxidation sites excluding steroid dienone is 1. The van der Waals surface area contributed by atoms with Crippen molar-refractivity contribution >= 4 is 0 Å². The van der Waals surface area contributed by atoms with Gasteiger partial charge in [-0.05, 0) is 31.5 Å². The van der Waals surface area contributed by atoms with Crippen LogP contribution in [0, 0.1) is 0 Å². The molecule has 0 atom stereocenters. The fraction of sp³-hybridized carbons (Fsp3) is 0.562. The molecular weight excluding hydrogens is 236 g/mol. The largest absolute Gasteiger partial charge is 0.478 e. The van der Waals surface area contributed by atoms with Crippen molar-refractivity contribution in [1.29, 1.82) is 0 Å². The molecule has 1 rings (SSSR count). The summed E-state index contributed by atoms with van der Waals surface area (Å²) in [6.07, 6.45) is 3.86. The molecule has 1 aromatic rings. The molecule has 0 amide bonds. The van der Waals surface area contributed by atoms with E-state index in [1.54, 1.807) is 0 Å². The van der Waals surface area contributed by atoms with Crippen LogP contribution in [0.4, 0.5) is 0 Å². The van der Waals surface area contributed by atoms with Crippen LogP contribution in [0.25, 0.3) is 0 Å². The maximum absolute atomic E-state index is 5.74. The highest BCUT2D eigenvalue weighted by atomic mass is 16.5. The van der Waals surface area contributed by atoms with E-state index in [0.29, 0.717) is 6.61 Å². The van der Waals surface area contributed by atoms with E-state index < -0.39 is 0 Å². The Bertz CT molecular complexity index is 408. The van der Waals surface area contributed by atoms with Gasteiger partial charge in [-0.25, -0.2) is 4.98 Å². The molecule has 106 valence electrons. The van der Waals surface area contributed by atoms with Crippen molar-refractivity contribution in [2.45, 2.75) is 45.6 Å². The summed E-state index contributed by atoms with van der Waals surface area (Å²) in [6, 6.07) is 4.16. The van der Waals surface area contributed by atoms with Crippen molar-refractivity contribution in [3.63, 3.8) is 0 Å². The van der Waals surface area contributed by atoms with E-state index in [-0.39, 0.29) is 5.41 Å². The Balaban J connectivity index is 2.83. The van der Waals surface area contributed by atoms with Crippen LogP contribution in [0.2, 0.25) is 0 Å². The third kappa shape index (κ3) is 5.43. The SMILES string of the molecule is C=CCCCOc1cc(CNC)cc(C(C)(C)C)n1. The van der Waals surface area contributed by atoms with E-state index in [9.17, 15) is 0 Å². The lowest BCUT2D eigenvalue weighted by Gasteiger charge is -2.20. The van der Waals surface area contributed by atoms with Crippen molar-refractivity contribution in [3.05, 3.63) is 36.0 Å². The molecule has 1 aromatic heterocycles. The lowest BCUT2D eigenvalue weighted by Crippen LogP contribution is -2.16. The molecule has 0 fully saturated rings. The topological polar surface area (TPSA) is 34.1 Å². The highest BCUT2D eigenvalue weighted by Gasteiger charge is 2.17. The Morgan fingerprint density at radius 1 is 1.37 bits per heavy atom. The average molecular weight is 262 g/mol. The standard InChI is InChI=1S/C16H26N2O/c1-6-7-8-9-19-15-11-13(12-17-5)10-14(18-15)16(2,3)4/h6,10-11,17H,1,7-9,12H2,2-5H3. The van der Waals surface area contributed by atoms with Crippen molar-refractivity contribution in [2.75, 3.05) is 13.7 Å². The zero-order chi connectivity index (χ0) is 14.3. The Morgan fingerprint density at radius 2 is 2.11 bits per heavy atom. The molecule has 0 radical (unpaired) electrons. The van der Waals surface area contributed by atoms with Gasteiger partial charge in [0.2, 0.25) is 5.88 Å². The van der Waals surface area contributed by atoms with E-state index in [2.05, 4.69) is 43.7 Å². The molecule has 3 nitrogen and oxygen atoms in total. The van der Waals surface area contributed by atoms with Crippen LogP contribution in [0.1, 0.15) is 44.9 Å². The monoisotopic (exact) mass is 262 g/mol. The van der Waals surface area contributed by atoms with Gasteiger partial charge in [0.25, 0.3) is 0 Å². The first-order valence-corrected chi connectivity index (χ1v) is 6.87. The number of pyridine rings is 1. The fourth-order valence-corrected chi connectivity index (χ4v) is 1.73. The van der Waals surface area contributed by atoms with Crippen molar-refractivity contribution in [2.24, 2.45) is 0 Å². The smallest absolute Gasteiger partial charge is 0.213 e. The molecule has 0 aliphatic heterocycles. The second-order valence-corrected chi connectivity index (χ2v) is 5.76. The third-order valence-electron chi connectivity index (χ3n) is 2.81. The number of nitrogens with zero attached hydrogens (tertiary/aromatic N) is 1. The highest BCUT2D eigenvalue weighted by Crippen LogP contribution is 2.24. The number of rotatable bonds is 7. The van der Waals surface area contributed by atoms with Gasteiger partial charge in [-0.3, -0.25) is 0 Å². The van der Waals surface area contributed by atoms with E-state index in [1.807, 2.05) is 19.2 Å². The minimum atomic E-state index is 0.0307. The summed E-state index contributed by atoms with van der Waals surface area (Å²) in [5.74, 6) is 0.724. The molecule has 19 heavy (non-hydrogen) atoms. The maximum Gasteiger partial charge on any atom is 0.213 e. The lowest BCUT2D eigenvalue weighted by atomic mass is 9.91. The number of ether oxygens (including phenoxy) is 1. The van der Waals surface area contributed by atoms with Gasteiger partial charge in [-0.2, -0.15) is 0 Å². The number of hydrogen-bond acceptors (Lipinski definition) is 3. The molecule has 0 spiro atoms. The fourth-order valence-electron chi connectivity index (χ4n) is 1.73. The minimum Gasteiger partial charge on any atom is -0.478 e. The van der Waals surface area contributed by atoms with Gasteiger partial charge >= 0.3 is 0 Å². The summed E-state index contributed by atoms with van der Waals surface area (Å²) >= 11 is 0. The predicted molar refractivity (Wildman–Crippen MR) is 80.6 cm³/mol. The molecule has 0 saturated heterocycles. The summed E-state index contributed by atoms with van der Waals surface area (Å²) in [5.41, 5.74) is 2.31. The van der Waals surface area contributed by atoms with Gasteiger partial charge in [0, 0.05) is 18.0 Å². The molecule has 0 unspecified atom stereocenters. The van der Waals surface area contributed by atoms with Gasteiger partial charge < -0.3 is 10.1 Å². The third-order valence-corrected chi connectivity index (χ3v) is 2.81. The number of hydrogen-bond donors (Lipinski definition) is 1. The van der Waals surface area contributed by atoms with E-state index in [1.165, 1.54) is 5.56 Å². The van der Waals surface area contributed by atoms with Gasteiger partial charge in [-0.1, -0.05) is 26.8 Å². The first-order valence-electron chi connectivity index (χ1n) is 6.87. The van der Waals surface area contributed by atoms with Crippen LogP contribution >= 0.6 is 0 Å². The van der Waals surface area contributed by atoms with Crippen LogP contribution in [0.3, 0.4) is 0 Å². The first kappa shape index (κ1) is 15.7. The zero-order valence-corrected chi connectivity index (χ0v) is 12.6. The lowest BCUT2D eigenvalue weighted by molar-refractivity contribution is 0.297. The van der Waals surface area contributed by atoms with Gasteiger partial charge in [0.05, 0.1) is 12.3 Å². The molecule has 0 aromatic carbocycles. The Labute approximate surface area is 117 Å². The summed E-state index contributed by atoms with van der Waals surface area (Å²) in [6.45, 7) is 11.7. The van der Waals surface area contributed by atoms with Crippen LogP contribution < -0.4 is 10.1 Å². The Morgan fingerprint density at radius 3 is 2.68 bits per heavy atom. The summed E-state index contributed by atoms with van der Waals surface area (Å²) in [4.78, 5) is 4.61. The predicted octanol–water partition coefficient (Wildman–Crippen LogP) is 3.44. The first-order chi connectivity index (χ1) is 8.97. The molecule has 0 saturated carbocycles. The molecule has 0 aliphatic rings. The minimum absolute atomic E-state index is 0.0307. The second kappa shape index (κ2) is 7.29. The number of unbranched alkanes of at least 4 members (excludes halogenated alkanes) is 1. The summed E-state index contributed by atoms with van der Waals surface area (Å²) in [7, 11) is 1.95. The van der Waals surface area contributed by atoms with Crippen molar-refractivity contribution in [3.8, 4) is 5.88 Å². The summed E-state index contributed by atoms with van der Waals surface area (Å²) in [5, 5.41) is 3.17. The highest BCUT2D eigenvalue weighted by molar-refractivity contribution is 5.28. The molecule has 0 bridgehead atoms. The Hall–Kier alpha value is -1.35. The van der Waals surface area contributed by atoms with Crippen LogP contribution in [-0.2, 0) is 12.0 Å². The number of nitrogens with one attached hydrogen (secondary N) is 1. The van der Waals surface area contributed by atoms with E-state index in [0.717, 1.165) is 31.0 Å². The number of aromatic nitrogens is 1. The second-order valence-electron chi connectivity index (χ2n) is 5.76. The molecule has 0 aliphatic carbocycles. The van der Waals surface area contributed by atoms with Crippen molar-refractivity contribution in [1.82, 2.24) is 10.3 Å². The van der Waals surface area contributed by atoms with Gasteiger partial charge in [-0.15, -0.1) is 6.58 Å². The van der Waals surface area contributed by atoms with E-state index in [4.69, 9.17) is 4.74 Å². The molecule has 1 N–H and O–H groups in total. The Kier molecular flexibility index (Phi) is 6.03. The van der Waals surface area contributed by atoms with Gasteiger partial charge in [0.1, 0.15) is 0 Å². The van der Waals surface area contributed by atoms with E-state index >= 15 is 0 Å².